The molecule has 0 atom stereocenters. The summed E-state index contributed by atoms with van der Waals surface area (Å²) in [7, 11) is 1.65. The van der Waals surface area contributed by atoms with Gasteiger partial charge in [-0.3, -0.25) is 9.69 Å². The third kappa shape index (κ3) is 2.33. The van der Waals surface area contributed by atoms with E-state index in [1.165, 1.54) is 11.1 Å². The zero-order valence-corrected chi connectivity index (χ0v) is 9.27. The highest BCUT2D eigenvalue weighted by molar-refractivity contribution is 5.66. The van der Waals surface area contributed by atoms with Crippen molar-refractivity contribution in [2.45, 2.75) is 19.5 Å². The van der Waals surface area contributed by atoms with E-state index in [0.29, 0.717) is 6.54 Å². The minimum Gasteiger partial charge on any atom is -0.497 e. The van der Waals surface area contributed by atoms with Gasteiger partial charge in [0.05, 0.1) is 13.5 Å². The van der Waals surface area contributed by atoms with Crippen molar-refractivity contribution >= 4 is 5.97 Å². The number of rotatable bonds is 4. The van der Waals surface area contributed by atoms with Crippen LogP contribution in [0.5, 0.6) is 5.75 Å². The van der Waals surface area contributed by atoms with Gasteiger partial charge in [-0.1, -0.05) is 6.07 Å². The number of hydrogen-bond acceptors (Lipinski definition) is 3. The molecule has 4 nitrogen and oxygen atoms in total. The predicted molar refractivity (Wildman–Crippen MR) is 59.4 cm³/mol. The zero-order chi connectivity index (χ0) is 11.5. The van der Waals surface area contributed by atoms with Crippen LogP contribution < -0.4 is 4.74 Å². The first-order valence-electron chi connectivity index (χ1n) is 5.29. The fraction of sp³-hybridized carbons (Fsp3) is 0.417. The van der Waals surface area contributed by atoms with Crippen molar-refractivity contribution in [3.05, 3.63) is 29.3 Å². The highest BCUT2D eigenvalue weighted by atomic mass is 16.5. The number of hydrogen-bond donors (Lipinski definition) is 1. The second-order valence-corrected chi connectivity index (χ2v) is 3.99. The van der Waals surface area contributed by atoms with E-state index in [4.69, 9.17) is 9.84 Å². The highest BCUT2D eigenvalue weighted by Crippen LogP contribution is 2.26. The summed E-state index contributed by atoms with van der Waals surface area (Å²) in [6, 6.07) is 6.02. The molecule has 0 unspecified atom stereocenters. The third-order valence-electron chi connectivity index (χ3n) is 2.84. The Morgan fingerprint density at radius 2 is 2.19 bits per heavy atom. The third-order valence-corrected chi connectivity index (χ3v) is 2.84. The second kappa shape index (κ2) is 4.53. The van der Waals surface area contributed by atoms with Crippen molar-refractivity contribution in [3.63, 3.8) is 0 Å². The van der Waals surface area contributed by atoms with Crippen molar-refractivity contribution < 1.29 is 14.6 Å². The molecule has 0 spiro atoms. The number of benzene rings is 1. The van der Waals surface area contributed by atoms with E-state index in [0.717, 1.165) is 18.8 Å². The maximum absolute atomic E-state index is 10.5. The molecule has 4 heteroatoms. The SMILES string of the molecule is COc1ccc2c(c1)CN(CCC(=O)O)C2. The molecule has 0 amide bonds. The van der Waals surface area contributed by atoms with Crippen LogP contribution in [0.2, 0.25) is 0 Å². The Morgan fingerprint density at radius 3 is 2.88 bits per heavy atom. The van der Waals surface area contributed by atoms with Gasteiger partial charge in [-0.05, 0) is 23.3 Å². The molecular formula is C12H15NO3. The van der Waals surface area contributed by atoms with Gasteiger partial charge >= 0.3 is 5.97 Å². The minimum absolute atomic E-state index is 0.200. The quantitative estimate of drug-likeness (QED) is 0.836. The van der Waals surface area contributed by atoms with Crippen molar-refractivity contribution in [1.29, 1.82) is 0 Å². The van der Waals surface area contributed by atoms with E-state index in [9.17, 15) is 4.79 Å². The molecule has 16 heavy (non-hydrogen) atoms. The average Bonchev–Trinajstić information content (AvgIpc) is 2.67. The maximum Gasteiger partial charge on any atom is 0.304 e. The molecule has 1 aromatic carbocycles. The Balaban J connectivity index is 2.00. The van der Waals surface area contributed by atoms with Gasteiger partial charge in [0.25, 0.3) is 0 Å². The van der Waals surface area contributed by atoms with Crippen LogP contribution in [-0.4, -0.2) is 29.6 Å². The number of carboxylic acids is 1. The largest absolute Gasteiger partial charge is 0.497 e. The van der Waals surface area contributed by atoms with Crippen LogP contribution in [0.1, 0.15) is 17.5 Å². The Hall–Kier alpha value is -1.55. The second-order valence-electron chi connectivity index (χ2n) is 3.99. The standard InChI is InChI=1S/C12H15NO3/c1-16-11-3-2-9-7-13(5-4-12(14)15)8-10(9)6-11/h2-3,6H,4-5,7-8H2,1H3,(H,14,15). The zero-order valence-electron chi connectivity index (χ0n) is 9.27. The van der Waals surface area contributed by atoms with Gasteiger partial charge in [0.1, 0.15) is 5.75 Å². The van der Waals surface area contributed by atoms with Gasteiger partial charge in [-0.25, -0.2) is 0 Å². The fourth-order valence-corrected chi connectivity index (χ4v) is 1.98. The van der Waals surface area contributed by atoms with Crippen LogP contribution >= 0.6 is 0 Å². The molecule has 0 aromatic heterocycles. The van der Waals surface area contributed by atoms with E-state index in [1.54, 1.807) is 7.11 Å². The van der Waals surface area contributed by atoms with Gasteiger partial charge in [0.2, 0.25) is 0 Å². The molecule has 86 valence electrons. The van der Waals surface area contributed by atoms with Crippen LogP contribution in [0.25, 0.3) is 0 Å². The lowest BCUT2D eigenvalue weighted by molar-refractivity contribution is -0.137. The molecule has 0 saturated carbocycles. The summed E-state index contributed by atoms with van der Waals surface area (Å²) < 4.78 is 5.16. The number of carboxylic acid groups (broad SMARTS) is 1. The summed E-state index contributed by atoms with van der Waals surface area (Å²) in [5.41, 5.74) is 2.51. The first-order valence-corrected chi connectivity index (χ1v) is 5.29. The average molecular weight is 221 g/mol. The number of aliphatic carboxylic acids is 1. The Morgan fingerprint density at radius 1 is 1.44 bits per heavy atom. The van der Waals surface area contributed by atoms with Gasteiger partial charge < -0.3 is 9.84 Å². The normalized spacial score (nSPS) is 14.8. The molecule has 1 heterocycles. The van der Waals surface area contributed by atoms with Crippen LogP contribution in [-0.2, 0) is 17.9 Å². The number of carbonyl (C=O) groups is 1. The van der Waals surface area contributed by atoms with E-state index in [2.05, 4.69) is 11.0 Å². The topological polar surface area (TPSA) is 49.8 Å². The molecular weight excluding hydrogens is 206 g/mol. The van der Waals surface area contributed by atoms with Crippen molar-refractivity contribution in [2.75, 3.05) is 13.7 Å². The molecule has 0 fully saturated rings. The molecule has 1 aliphatic rings. The fourth-order valence-electron chi connectivity index (χ4n) is 1.98. The molecule has 0 saturated heterocycles. The molecule has 2 rings (SSSR count). The smallest absolute Gasteiger partial charge is 0.304 e. The van der Waals surface area contributed by atoms with Crippen LogP contribution in [0.15, 0.2) is 18.2 Å². The van der Waals surface area contributed by atoms with Gasteiger partial charge in [0.15, 0.2) is 0 Å². The Labute approximate surface area is 94.4 Å². The molecule has 1 N–H and O–H groups in total. The molecule has 0 radical (unpaired) electrons. The Bertz CT molecular complexity index is 403. The highest BCUT2D eigenvalue weighted by Gasteiger charge is 2.19. The van der Waals surface area contributed by atoms with Crippen LogP contribution in [0.3, 0.4) is 0 Å². The lowest BCUT2D eigenvalue weighted by Crippen LogP contribution is -2.20. The van der Waals surface area contributed by atoms with Crippen LogP contribution in [0, 0.1) is 0 Å². The lowest BCUT2D eigenvalue weighted by atomic mass is 10.1. The van der Waals surface area contributed by atoms with E-state index in [1.807, 2.05) is 12.1 Å². The number of ether oxygens (including phenoxy) is 1. The summed E-state index contributed by atoms with van der Waals surface area (Å²) in [6.07, 6.45) is 0.200. The number of nitrogens with zero attached hydrogens (tertiary/aromatic N) is 1. The van der Waals surface area contributed by atoms with Crippen LogP contribution in [0.4, 0.5) is 0 Å². The summed E-state index contributed by atoms with van der Waals surface area (Å²) >= 11 is 0. The van der Waals surface area contributed by atoms with Crippen molar-refractivity contribution in [3.8, 4) is 5.75 Å². The van der Waals surface area contributed by atoms with Crippen molar-refractivity contribution in [1.82, 2.24) is 4.90 Å². The summed E-state index contributed by atoms with van der Waals surface area (Å²) in [5, 5.41) is 8.63. The van der Waals surface area contributed by atoms with Crippen molar-refractivity contribution in [2.24, 2.45) is 0 Å². The van der Waals surface area contributed by atoms with Gasteiger partial charge in [-0.15, -0.1) is 0 Å². The number of methoxy groups -OCH3 is 1. The first-order chi connectivity index (χ1) is 7.69. The monoisotopic (exact) mass is 221 g/mol. The van der Waals surface area contributed by atoms with E-state index in [-0.39, 0.29) is 6.42 Å². The summed E-state index contributed by atoms with van der Waals surface area (Å²) in [4.78, 5) is 12.6. The predicted octanol–water partition coefficient (Wildman–Crippen LogP) is 1.49. The van der Waals surface area contributed by atoms with E-state index >= 15 is 0 Å². The summed E-state index contributed by atoms with van der Waals surface area (Å²) in [6.45, 7) is 2.26. The van der Waals surface area contributed by atoms with Gasteiger partial charge in [-0.2, -0.15) is 0 Å². The molecule has 0 bridgehead atoms. The molecule has 0 aliphatic carbocycles. The summed E-state index contributed by atoms with van der Waals surface area (Å²) in [5.74, 6) is 0.118. The lowest BCUT2D eigenvalue weighted by Gasteiger charge is -2.12. The first kappa shape index (κ1) is 11.0. The molecule has 1 aliphatic heterocycles. The van der Waals surface area contributed by atoms with E-state index < -0.39 is 5.97 Å². The maximum atomic E-state index is 10.5. The number of fused-ring (bicyclic) bond motifs is 1. The molecule has 1 aromatic rings. The minimum atomic E-state index is -0.742. The Kier molecular flexibility index (Phi) is 3.10. The van der Waals surface area contributed by atoms with Gasteiger partial charge in [0, 0.05) is 19.6 Å².